The molecule has 1 aliphatic rings. The summed E-state index contributed by atoms with van der Waals surface area (Å²) in [6.45, 7) is 8.12. The van der Waals surface area contributed by atoms with Crippen molar-refractivity contribution in [2.24, 2.45) is 0 Å². The zero-order valence-corrected chi connectivity index (χ0v) is 17.9. The van der Waals surface area contributed by atoms with Crippen molar-refractivity contribution in [2.75, 3.05) is 13.1 Å². The summed E-state index contributed by atoms with van der Waals surface area (Å²) in [6, 6.07) is 14.3. The average Bonchev–Trinajstić information content (AvgIpc) is 2.73. The number of nitrogens with one attached hydrogen (secondary N) is 2. The molecule has 30 heavy (non-hydrogen) atoms. The van der Waals surface area contributed by atoms with Gasteiger partial charge in [-0.2, -0.15) is 0 Å². The highest BCUT2D eigenvalue weighted by atomic mass is 16.2. The van der Waals surface area contributed by atoms with Crippen LogP contribution in [0.2, 0.25) is 0 Å². The number of fused-ring (bicyclic) bond motifs is 1. The Labute approximate surface area is 177 Å². The number of pyridine rings is 1. The van der Waals surface area contributed by atoms with E-state index in [1.807, 2.05) is 49.1 Å². The maximum absolute atomic E-state index is 12.7. The second-order valence-electron chi connectivity index (χ2n) is 8.48. The maximum Gasteiger partial charge on any atom is 0.253 e. The fourth-order valence-electron chi connectivity index (χ4n) is 4.28. The predicted molar refractivity (Wildman–Crippen MR) is 121 cm³/mol. The first-order valence-corrected chi connectivity index (χ1v) is 10.6. The number of amides is 1. The monoisotopic (exact) mass is 403 g/mol. The number of carbonyl (C=O) groups excluding carboxylic acids is 1. The molecule has 0 aliphatic carbocycles. The summed E-state index contributed by atoms with van der Waals surface area (Å²) in [5, 5.41) is 4.59. The van der Waals surface area contributed by atoms with Gasteiger partial charge in [0.15, 0.2) is 0 Å². The molecule has 0 bridgehead atoms. The average molecular weight is 404 g/mol. The van der Waals surface area contributed by atoms with E-state index in [0.717, 1.165) is 59.1 Å². The number of benzene rings is 2. The van der Waals surface area contributed by atoms with Crippen LogP contribution in [-0.2, 0) is 6.54 Å². The van der Waals surface area contributed by atoms with Gasteiger partial charge < -0.3 is 15.2 Å². The smallest absolute Gasteiger partial charge is 0.253 e. The van der Waals surface area contributed by atoms with Gasteiger partial charge in [-0.15, -0.1) is 0 Å². The second-order valence-corrected chi connectivity index (χ2v) is 8.48. The predicted octanol–water partition coefficient (Wildman–Crippen LogP) is 3.85. The lowest BCUT2D eigenvalue weighted by Gasteiger charge is -2.32. The van der Waals surface area contributed by atoms with Crippen molar-refractivity contribution in [3.8, 4) is 0 Å². The Morgan fingerprint density at radius 1 is 1.03 bits per heavy atom. The van der Waals surface area contributed by atoms with E-state index in [2.05, 4.69) is 29.4 Å². The molecule has 5 heteroatoms. The lowest BCUT2D eigenvalue weighted by atomic mass is 10.0. The molecule has 1 saturated heterocycles. The number of hydrogen-bond donors (Lipinski definition) is 2. The summed E-state index contributed by atoms with van der Waals surface area (Å²) < 4.78 is 0. The number of aromatic nitrogens is 1. The molecule has 5 nitrogen and oxygen atoms in total. The molecule has 0 spiro atoms. The Morgan fingerprint density at radius 2 is 1.73 bits per heavy atom. The molecule has 2 aromatic carbocycles. The molecule has 0 saturated carbocycles. The van der Waals surface area contributed by atoms with E-state index in [0.29, 0.717) is 12.6 Å². The van der Waals surface area contributed by atoms with Crippen molar-refractivity contribution >= 4 is 16.8 Å². The van der Waals surface area contributed by atoms with E-state index in [9.17, 15) is 9.59 Å². The summed E-state index contributed by atoms with van der Waals surface area (Å²) in [4.78, 5) is 30.2. The van der Waals surface area contributed by atoms with Crippen molar-refractivity contribution in [2.45, 2.75) is 46.2 Å². The van der Waals surface area contributed by atoms with Crippen LogP contribution in [0.1, 0.15) is 45.5 Å². The molecular weight excluding hydrogens is 374 g/mol. The van der Waals surface area contributed by atoms with E-state index in [1.165, 1.54) is 5.56 Å². The summed E-state index contributed by atoms with van der Waals surface area (Å²) in [5.74, 6) is 0.102. The van der Waals surface area contributed by atoms with Crippen molar-refractivity contribution < 1.29 is 4.79 Å². The number of hydrogen-bond acceptors (Lipinski definition) is 3. The number of H-pyrrole nitrogens is 1. The first kappa shape index (κ1) is 20.4. The van der Waals surface area contributed by atoms with Crippen molar-refractivity contribution in [1.82, 2.24) is 15.2 Å². The van der Waals surface area contributed by atoms with Gasteiger partial charge in [0.05, 0.1) is 5.52 Å². The lowest BCUT2D eigenvalue weighted by Crippen LogP contribution is -2.45. The Balaban J connectivity index is 1.37. The van der Waals surface area contributed by atoms with E-state index >= 15 is 0 Å². The largest absolute Gasteiger partial charge is 0.339 e. The van der Waals surface area contributed by atoms with Crippen LogP contribution in [0.3, 0.4) is 0 Å². The van der Waals surface area contributed by atoms with Crippen molar-refractivity contribution in [3.05, 3.63) is 80.6 Å². The van der Waals surface area contributed by atoms with Gasteiger partial charge in [-0.05, 0) is 68.8 Å². The number of rotatable bonds is 4. The number of carbonyl (C=O) groups is 1. The third-order valence-corrected chi connectivity index (χ3v) is 6.03. The Morgan fingerprint density at radius 3 is 2.43 bits per heavy atom. The topological polar surface area (TPSA) is 65.2 Å². The number of nitrogens with zero attached hydrogens (tertiary/aromatic N) is 1. The highest BCUT2D eigenvalue weighted by Crippen LogP contribution is 2.19. The minimum absolute atomic E-state index is 0.0334. The quantitative estimate of drug-likeness (QED) is 0.695. The molecule has 1 aromatic heterocycles. The third kappa shape index (κ3) is 4.31. The van der Waals surface area contributed by atoms with Gasteiger partial charge in [0.1, 0.15) is 0 Å². The Bertz CT molecular complexity index is 1120. The Kier molecular flexibility index (Phi) is 5.73. The lowest BCUT2D eigenvalue weighted by molar-refractivity contribution is 0.0704. The Hall–Kier alpha value is -2.92. The molecule has 4 rings (SSSR count). The molecule has 2 N–H and O–H groups in total. The fourth-order valence-corrected chi connectivity index (χ4v) is 4.28. The first-order chi connectivity index (χ1) is 14.4. The summed E-state index contributed by atoms with van der Waals surface area (Å²) in [7, 11) is 0. The van der Waals surface area contributed by atoms with Crippen LogP contribution in [0, 0.1) is 20.8 Å². The van der Waals surface area contributed by atoms with Gasteiger partial charge in [0.25, 0.3) is 11.5 Å². The van der Waals surface area contributed by atoms with E-state index < -0.39 is 0 Å². The molecule has 156 valence electrons. The normalized spacial score (nSPS) is 15.0. The zero-order chi connectivity index (χ0) is 21.3. The fraction of sp³-hybridized carbons (Fsp3) is 0.360. The first-order valence-electron chi connectivity index (χ1n) is 10.6. The van der Waals surface area contributed by atoms with Gasteiger partial charge in [-0.25, -0.2) is 0 Å². The molecular formula is C25H29N3O2. The van der Waals surface area contributed by atoms with E-state index in [4.69, 9.17) is 0 Å². The van der Waals surface area contributed by atoms with Gasteiger partial charge in [-0.1, -0.05) is 29.3 Å². The summed E-state index contributed by atoms with van der Waals surface area (Å²) in [5.41, 5.74) is 5.82. The highest BCUT2D eigenvalue weighted by molar-refractivity contribution is 5.94. The summed E-state index contributed by atoms with van der Waals surface area (Å²) in [6.07, 6.45) is 1.78. The number of aromatic amines is 1. The van der Waals surface area contributed by atoms with Crippen LogP contribution in [0.5, 0.6) is 0 Å². The number of piperidine rings is 1. The minimum Gasteiger partial charge on any atom is -0.339 e. The van der Waals surface area contributed by atoms with Crippen LogP contribution in [0.4, 0.5) is 0 Å². The molecule has 1 amide bonds. The van der Waals surface area contributed by atoms with E-state index in [1.54, 1.807) is 0 Å². The van der Waals surface area contributed by atoms with Crippen LogP contribution in [-0.4, -0.2) is 34.9 Å². The number of likely N-dealkylation sites (tertiary alicyclic amines) is 1. The van der Waals surface area contributed by atoms with Crippen LogP contribution < -0.4 is 10.9 Å². The molecule has 0 atom stereocenters. The molecule has 0 unspecified atom stereocenters. The molecule has 1 aliphatic heterocycles. The van der Waals surface area contributed by atoms with Gasteiger partial charge in [0, 0.05) is 36.8 Å². The van der Waals surface area contributed by atoms with Crippen LogP contribution in [0.25, 0.3) is 10.9 Å². The summed E-state index contributed by atoms with van der Waals surface area (Å²) >= 11 is 0. The molecule has 2 heterocycles. The van der Waals surface area contributed by atoms with E-state index in [-0.39, 0.29) is 11.5 Å². The standard InChI is InChI=1S/C25H29N3O2/c1-16-4-6-19(7-5-16)25(30)28-10-8-22(9-11-28)26-15-21-14-20-13-17(2)12-18(3)23(20)27-24(21)29/h4-7,12-14,22,26H,8-11,15H2,1-3H3,(H,27,29). The molecule has 1 fully saturated rings. The van der Waals surface area contributed by atoms with Gasteiger partial charge in [0.2, 0.25) is 0 Å². The minimum atomic E-state index is -0.0334. The van der Waals surface area contributed by atoms with Crippen molar-refractivity contribution in [1.29, 1.82) is 0 Å². The SMILES string of the molecule is Cc1ccc(C(=O)N2CCC(NCc3cc4cc(C)cc(C)c4[nH]c3=O)CC2)cc1. The van der Waals surface area contributed by atoms with Crippen molar-refractivity contribution in [3.63, 3.8) is 0 Å². The van der Waals surface area contributed by atoms with Crippen LogP contribution >= 0.6 is 0 Å². The van der Waals surface area contributed by atoms with Crippen LogP contribution in [0.15, 0.2) is 47.3 Å². The van der Waals surface area contributed by atoms with Gasteiger partial charge in [-0.3, -0.25) is 9.59 Å². The zero-order valence-electron chi connectivity index (χ0n) is 17.9. The highest BCUT2D eigenvalue weighted by Gasteiger charge is 2.23. The molecule has 3 aromatic rings. The second kappa shape index (κ2) is 8.44. The number of aryl methyl sites for hydroxylation is 3. The maximum atomic E-state index is 12.7. The third-order valence-electron chi connectivity index (χ3n) is 6.03. The molecule has 0 radical (unpaired) electrons. The van der Waals surface area contributed by atoms with Gasteiger partial charge >= 0.3 is 0 Å².